The number of hydrogen-bond acceptors (Lipinski definition) is 6. The maximum absolute atomic E-state index is 6.96. The van der Waals surface area contributed by atoms with E-state index in [-0.39, 0.29) is 0 Å². The van der Waals surface area contributed by atoms with Crippen LogP contribution in [0.5, 0.6) is 0 Å². The lowest BCUT2D eigenvalue weighted by atomic mass is 9.98. The third-order valence-electron chi connectivity index (χ3n) is 13.9. The summed E-state index contributed by atoms with van der Waals surface area (Å²) in [4.78, 5) is 15.6. The van der Waals surface area contributed by atoms with Crippen LogP contribution < -0.4 is 0 Å². The summed E-state index contributed by atoms with van der Waals surface area (Å²) in [5.41, 5.74) is 13.5. The zero-order chi connectivity index (χ0) is 45.9. The minimum Gasteiger partial charge on any atom is -0.456 e. The van der Waals surface area contributed by atoms with Crippen LogP contribution in [0.4, 0.5) is 0 Å². The number of furan rings is 2. The Labute approximate surface area is 404 Å². The Bertz CT molecular complexity index is 4600. The van der Waals surface area contributed by atoms with E-state index in [1.165, 1.54) is 36.5 Å². The number of nitrogens with zero attached hydrogens (tertiary/aromatic N) is 4. The summed E-state index contributed by atoms with van der Waals surface area (Å²) in [6.07, 6.45) is 0. The molecule has 0 atom stereocenters. The molecule has 0 saturated carbocycles. The highest BCUT2D eigenvalue weighted by atomic mass is 32.1. The van der Waals surface area contributed by atoms with Crippen molar-refractivity contribution in [2.45, 2.75) is 0 Å². The minimum absolute atomic E-state index is 0.550. The Morgan fingerprint density at radius 2 is 0.943 bits per heavy atom. The molecule has 0 spiro atoms. The summed E-state index contributed by atoms with van der Waals surface area (Å²) in [6, 6.07) is 76.6. The van der Waals surface area contributed by atoms with Gasteiger partial charge in [-0.15, -0.1) is 11.3 Å². The first-order valence-electron chi connectivity index (χ1n) is 23.4. The summed E-state index contributed by atoms with van der Waals surface area (Å²) >= 11 is 1.83. The number of fused-ring (bicyclic) bond motifs is 12. The van der Waals surface area contributed by atoms with Gasteiger partial charge in [-0.2, -0.15) is 0 Å². The first-order chi connectivity index (χ1) is 34.7. The van der Waals surface area contributed by atoms with E-state index < -0.39 is 0 Å². The van der Waals surface area contributed by atoms with E-state index in [4.69, 9.17) is 23.8 Å². The maximum Gasteiger partial charge on any atom is 0.164 e. The second kappa shape index (κ2) is 15.2. The van der Waals surface area contributed by atoms with Crippen LogP contribution in [0, 0.1) is 0 Å². The number of rotatable bonds is 6. The maximum atomic E-state index is 6.96. The van der Waals surface area contributed by atoms with Gasteiger partial charge < -0.3 is 13.4 Å². The molecule has 70 heavy (non-hydrogen) atoms. The van der Waals surface area contributed by atoms with Crippen molar-refractivity contribution in [3.05, 3.63) is 218 Å². The smallest absolute Gasteiger partial charge is 0.164 e. The lowest BCUT2D eigenvalue weighted by Gasteiger charge is -2.12. The molecule has 0 fully saturated rings. The Hall–Kier alpha value is -9.17. The third kappa shape index (κ3) is 5.89. The Balaban J connectivity index is 0.888. The number of hydrogen-bond donors (Lipinski definition) is 0. The Morgan fingerprint density at radius 1 is 0.343 bits per heavy atom. The Kier molecular flexibility index (Phi) is 8.43. The standard InChI is InChI=1S/C63H36N4O2S/c1-3-15-37(16-4-1)61-64-62(39-32-34-44-43-33-31-38(35-53(43)68-54(44)36-39)41-21-14-30-56-58(41)48-20-8-10-29-55(48)70-56)66-63(65-61)50-26-13-28-52-57(50)49-25-12-24-47(60(49)69-52)46-23-11-22-45-42-19-7-9-27-51(42)67(59(45)46)40-17-5-2-6-18-40/h1-36H. The van der Waals surface area contributed by atoms with Crippen LogP contribution in [-0.2, 0) is 0 Å². The molecule has 0 aliphatic rings. The highest BCUT2D eigenvalue weighted by Crippen LogP contribution is 2.45. The van der Waals surface area contributed by atoms with Crippen LogP contribution in [-0.4, -0.2) is 19.5 Å². The molecule has 0 aliphatic carbocycles. The average Bonchev–Trinajstić information content (AvgIpc) is 4.20. The van der Waals surface area contributed by atoms with Gasteiger partial charge in [0.05, 0.1) is 11.0 Å². The molecule has 326 valence electrons. The van der Waals surface area contributed by atoms with Crippen molar-refractivity contribution in [2.24, 2.45) is 0 Å². The van der Waals surface area contributed by atoms with Crippen molar-refractivity contribution in [3.63, 3.8) is 0 Å². The third-order valence-corrected chi connectivity index (χ3v) is 15.0. The second-order valence-electron chi connectivity index (χ2n) is 17.8. The van der Waals surface area contributed by atoms with Gasteiger partial charge in [0.2, 0.25) is 0 Å². The van der Waals surface area contributed by atoms with Crippen LogP contribution in [0.2, 0.25) is 0 Å². The van der Waals surface area contributed by atoms with Crippen molar-refractivity contribution in [1.82, 2.24) is 19.5 Å². The van der Waals surface area contributed by atoms with Gasteiger partial charge in [0.1, 0.15) is 22.3 Å². The molecular formula is C63H36N4O2S. The summed E-state index contributed by atoms with van der Waals surface area (Å²) < 4.78 is 18.6. The van der Waals surface area contributed by atoms with Gasteiger partial charge in [0.15, 0.2) is 17.5 Å². The lowest BCUT2D eigenvalue weighted by Crippen LogP contribution is -2.00. The van der Waals surface area contributed by atoms with Crippen molar-refractivity contribution in [3.8, 4) is 62.1 Å². The number of benzene rings is 10. The highest BCUT2D eigenvalue weighted by Gasteiger charge is 2.23. The summed E-state index contributed by atoms with van der Waals surface area (Å²) in [7, 11) is 0. The molecule has 0 radical (unpaired) electrons. The molecule has 15 rings (SSSR count). The van der Waals surface area contributed by atoms with Gasteiger partial charge in [-0.25, -0.2) is 15.0 Å². The van der Waals surface area contributed by atoms with E-state index in [1.54, 1.807) is 0 Å². The Morgan fingerprint density at radius 3 is 1.79 bits per heavy atom. The predicted molar refractivity (Wildman–Crippen MR) is 289 cm³/mol. The topological polar surface area (TPSA) is 69.9 Å². The van der Waals surface area contributed by atoms with E-state index in [0.717, 1.165) is 94.0 Å². The van der Waals surface area contributed by atoms with Gasteiger partial charge >= 0.3 is 0 Å². The predicted octanol–water partition coefficient (Wildman–Crippen LogP) is 17.5. The molecule has 5 aromatic heterocycles. The van der Waals surface area contributed by atoms with E-state index in [0.29, 0.717) is 17.5 Å². The van der Waals surface area contributed by atoms with Crippen molar-refractivity contribution in [1.29, 1.82) is 0 Å². The largest absolute Gasteiger partial charge is 0.456 e. The van der Waals surface area contributed by atoms with Crippen LogP contribution in [0.1, 0.15) is 0 Å². The average molecular weight is 913 g/mol. The lowest BCUT2D eigenvalue weighted by molar-refractivity contribution is 0.669. The number of aromatic nitrogens is 4. The van der Waals surface area contributed by atoms with Gasteiger partial charge in [-0.3, -0.25) is 0 Å². The summed E-state index contributed by atoms with van der Waals surface area (Å²) in [5.74, 6) is 1.68. The molecular weight excluding hydrogens is 877 g/mol. The number of para-hydroxylation sites is 4. The van der Waals surface area contributed by atoms with Gasteiger partial charge in [0, 0.05) is 86.0 Å². The fourth-order valence-electron chi connectivity index (χ4n) is 10.8. The zero-order valence-corrected chi connectivity index (χ0v) is 38.1. The van der Waals surface area contributed by atoms with Crippen LogP contribution in [0.25, 0.3) is 148 Å². The molecule has 7 heteroatoms. The fraction of sp³-hybridized carbons (Fsp3) is 0. The SMILES string of the molecule is c1ccc(-c2nc(-c3ccc4c(c3)oc3cc(-c5cccc6sc7ccccc7c56)ccc34)nc(-c3cccc4oc5c(-c6cccc7c8ccccc8n(-c8ccccc8)c67)cccc5c34)n2)cc1. The first-order valence-corrected chi connectivity index (χ1v) is 24.2. The molecule has 15 aromatic rings. The number of thiophene rings is 1. The van der Waals surface area contributed by atoms with Crippen LogP contribution in [0.3, 0.4) is 0 Å². The molecule has 10 aromatic carbocycles. The molecule has 0 saturated heterocycles. The van der Waals surface area contributed by atoms with Crippen molar-refractivity contribution < 1.29 is 8.83 Å². The van der Waals surface area contributed by atoms with Gasteiger partial charge in [-0.05, 0) is 71.8 Å². The zero-order valence-electron chi connectivity index (χ0n) is 37.3. The van der Waals surface area contributed by atoms with E-state index in [2.05, 4.69) is 180 Å². The van der Waals surface area contributed by atoms with Crippen LogP contribution >= 0.6 is 11.3 Å². The summed E-state index contributed by atoms with van der Waals surface area (Å²) in [6.45, 7) is 0. The van der Waals surface area contributed by atoms with Crippen molar-refractivity contribution in [2.75, 3.05) is 0 Å². The normalized spacial score (nSPS) is 12.0. The first kappa shape index (κ1) is 38.9. The van der Waals surface area contributed by atoms with E-state index in [9.17, 15) is 0 Å². The molecule has 0 N–H and O–H groups in total. The highest BCUT2D eigenvalue weighted by molar-refractivity contribution is 7.25. The second-order valence-corrected chi connectivity index (χ2v) is 18.9. The quantitative estimate of drug-likeness (QED) is 0.166. The van der Waals surface area contributed by atoms with Crippen molar-refractivity contribution >= 4 is 97.2 Å². The van der Waals surface area contributed by atoms with Gasteiger partial charge in [0.25, 0.3) is 0 Å². The molecule has 0 bridgehead atoms. The van der Waals surface area contributed by atoms with Gasteiger partial charge in [-0.1, -0.05) is 158 Å². The molecule has 5 heterocycles. The summed E-state index contributed by atoms with van der Waals surface area (Å²) in [5, 5.41) is 8.96. The molecule has 0 aliphatic heterocycles. The molecule has 0 unspecified atom stereocenters. The minimum atomic E-state index is 0.550. The molecule has 0 amide bonds. The van der Waals surface area contributed by atoms with Crippen LogP contribution in [0.15, 0.2) is 227 Å². The monoisotopic (exact) mass is 912 g/mol. The fourth-order valence-corrected chi connectivity index (χ4v) is 11.9. The van der Waals surface area contributed by atoms with E-state index in [1.807, 2.05) is 53.8 Å². The van der Waals surface area contributed by atoms with E-state index >= 15 is 0 Å². The molecule has 6 nitrogen and oxygen atoms in total.